The Morgan fingerprint density at radius 3 is 2.37 bits per heavy atom. The molecule has 1 saturated carbocycles. The molecule has 0 bridgehead atoms. The monoisotopic (exact) mass is 523 g/mol. The average molecular weight is 524 g/mol. The fourth-order valence-corrected chi connectivity index (χ4v) is 5.02. The molecule has 188 valence electrons. The van der Waals surface area contributed by atoms with Crippen molar-refractivity contribution in [2.45, 2.75) is 44.1 Å². The van der Waals surface area contributed by atoms with Gasteiger partial charge in [-0.05, 0) is 43.2 Å². The largest absolute Gasteiger partial charge is 1.00 e. The number of carbonyl (C=O) groups is 3. The Morgan fingerprint density at radius 2 is 1.86 bits per heavy atom. The Bertz CT molecular complexity index is 893. The van der Waals surface area contributed by atoms with Crippen LogP contribution in [-0.4, -0.2) is 61.9 Å². The molecule has 11 heteroatoms. The normalized spacial score (nSPS) is 24.1. The van der Waals surface area contributed by atoms with Gasteiger partial charge in [0.05, 0.1) is 0 Å². The van der Waals surface area contributed by atoms with Crippen LogP contribution in [0.4, 0.5) is 17.6 Å². The molecule has 2 unspecified atom stereocenters. The topological polar surface area (TPSA) is 80.6 Å². The maximum atomic E-state index is 14.2. The molecule has 2 heterocycles. The SMILES string of the molecule is C[N-]C(CC1CCNC1=O)C(=O)CF.O=C(N1C[C@H]2CCC[C@H]2C1)C(F)(F)c1cccc(F)c1.[K+]. The van der Waals surface area contributed by atoms with Crippen molar-refractivity contribution in [3.05, 3.63) is 41.0 Å². The van der Waals surface area contributed by atoms with Gasteiger partial charge in [0.15, 0.2) is 0 Å². The van der Waals surface area contributed by atoms with Crippen LogP contribution >= 0.6 is 0 Å². The van der Waals surface area contributed by atoms with E-state index in [2.05, 4.69) is 10.6 Å². The van der Waals surface area contributed by atoms with Gasteiger partial charge in [0.25, 0.3) is 5.91 Å². The number of nitrogens with zero attached hydrogens (tertiary/aromatic N) is 2. The van der Waals surface area contributed by atoms with E-state index < -0.39 is 41.7 Å². The van der Waals surface area contributed by atoms with Crippen LogP contribution in [0, 0.1) is 23.6 Å². The van der Waals surface area contributed by atoms with Crippen LogP contribution < -0.4 is 56.7 Å². The minimum absolute atomic E-state index is 0. The van der Waals surface area contributed by atoms with Gasteiger partial charge < -0.3 is 15.5 Å². The molecule has 6 nitrogen and oxygen atoms in total. The van der Waals surface area contributed by atoms with Crippen LogP contribution in [0.1, 0.15) is 37.7 Å². The number of carbonyl (C=O) groups excluding carboxylic acids is 3. The summed E-state index contributed by atoms with van der Waals surface area (Å²) in [5, 5.41) is 6.46. The van der Waals surface area contributed by atoms with Gasteiger partial charge in [-0.15, -0.1) is 0 Å². The van der Waals surface area contributed by atoms with Crippen molar-refractivity contribution in [1.29, 1.82) is 0 Å². The van der Waals surface area contributed by atoms with Crippen LogP contribution in [-0.2, 0) is 20.3 Å². The number of halogens is 4. The van der Waals surface area contributed by atoms with Crippen LogP contribution in [0.2, 0.25) is 0 Å². The molecule has 4 atom stereocenters. The Morgan fingerprint density at radius 1 is 1.20 bits per heavy atom. The van der Waals surface area contributed by atoms with Crippen LogP contribution in [0.3, 0.4) is 0 Å². The molecule has 1 N–H and O–H groups in total. The predicted molar refractivity (Wildman–Crippen MR) is 117 cm³/mol. The first-order valence-corrected chi connectivity index (χ1v) is 11.6. The van der Waals surface area contributed by atoms with Crippen molar-refractivity contribution in [3.63, 3.8) is 0 Å². The first-order chi connectivity index (χ1) is 16.2. The van der Waals surface area contributed by atoms with Crippen LogP contribution in [0.25, 0.3) is 5.32 Å². The summed E-state index contributed by atoms with van der Waals surface area (Å²) < 4.78 is 53.6. The molecular formula is C24H30F4KN3O3. The van der Waals surface area contributed by atoms with E-state index in [9.17, 15) is 31.9 Å². The number of likely N-dealkylation sites (N-methyl/N-ethyl adjacent to an activating group) is 1. The Labute approximate surface area is 245 Å². The van der Waals surface area contributed by atoms with Gasteiger partial charge in [-0.25, -0.2) is 8.78 Å². The third-order valence-corrected chi connectivity index (χ3v) is 6.95. The number of hydrogen-bond acceptors (Lipinski definition) is 3. The summed E-state index contributed by atoms with van der Waals surface area (Å²) in [5.74, 6) is -5.65. The second-order valence-corrected chi connectivity index (χ2v) is 9.13. The van der Waals surface area contributed by atoms with E-state index >= 15 is 0 Å². The number of alkyl halides is 3. The van der Waals surface area contributed by atoms with E-state index in [1.165, 1.54) is 18.0 Å². The molecule has 0 aromatic heterocycles. The van der Waals surface area contributed by atoms with E-state index in [0.29, 0.717) is 44.3 Å². The summed E-state index contributed by atoms with van der Waals surface area (Å²) >= 11 is 0. The van der Waals surface area contributed by atoms with E-state index in [1.807, 2.05) is 0 Å². The predicted octanol–water partition coefficient (Wildman–Crippen LogP) is 0.603. The number of benzene rings is 1. The number of ketones is 1. The molecular weight excluding hydrogens is 493 g/mol. The molecule has 2 amide bonds. The van der Waals surface area contributed by atoms with Gasteiger partial charge in [0, 0.05) is 31.1 Å². The van der Waals surface area contributed by atoms with E-state index in [1.54, 1.807) is 0 Å². The molecule has 1 aliphatic carbocycles. The van der Waals surface area contributed by atoms with Crippen molar-refractivity contribution in [2.24, 2.45) is 17.8 Å². The maximum absolute atomic E-state index is 14.2. The van der Waals surface area contributed by atoms with Crippen LogP contribution in [0.15, 0.2) is 24.3 Å². The quantitative estimate of drug-likeness (QED) is 0.420. The van der Waals surface area contributed by atoms with Crippen LogP contribution in [0.5, 0.6) is 0 Å². The van der Waals surface area contributed by atoms with E-state index in [0.717, 1.165) is 37.5 Å². The van der Waals surface area contributed by atoms with Gasteiger partial charge in [0.2, 0.25) is 5.91 Å². The summed E-state index contributed by atoms with van der Waals surface area (Å²) in [7, 11) is 1.48. The van der Waals surface area contributed by atoms with Crippen molar-refractivity contribution in [2.75, 3.05) is 33.4 Å². The number of likely N-dealkylation sites (tertiary alicyclic amines) is 1. The third kappa shape index (κ3) is 7.58. The third-order valence-electron chi connectivity index (χ3n) is 6.95. The Hall–Kier alpha value is -0.854. The number of fused-ring (bicyclic) bond motifs is 1. The maximum Gasteiger partial charge on any atom is 1.00 e. The Balaban J connectivity index is 0.000000256. The van der Waals surface area contributed by atoms with E-state index in [-0.39, 0.29) is 63.2 Å². The molecule has 1 aromatic rings. The zero-order valence-corrected chi connectivity index (χ0v) is 23.2. The standard InChI is InChI=1S/C15H16F3NO.C9H14FN2O2.K/c16-13-6-2-5-12(7-13)15(17,18)14(20)19-8-10-3-1-4-11(10)9-19;1-11-7(8(13)5-10)4-6-2-3-12-9(6)14;/h2,5-7,10-11H,1,3-4,8-9H2;6-7H,2-5H2,1H3,(H,12,14);/q;-1;+1/t10-,11+;;. The number of amides is 2. The summed E-state index contributed by atoms with van der Waals surface area (Å²) in [4.78, 5) is 35.5. The minimum atomic E-state index is -3.65. The van der Waals surface area contributed by atoms with Crippen molar-refractivity contribution in [1.82, 2.24) is 10.2 Å². The first kappa shape index (κ1) is 30.4. The molecule has 4 rings (SSSR count). The number of nitrogens with one attached hydrogen (secondary N) is 1. The van der Waals surface area contributed by atoms with Crippen molar-refractivity contribution in [3.8, 4) is 0 Å². The fourth-order valence-electron chi connectivity index (χ4n) is 5.02. The molecule has 3 aliphatic rings. The number of hydrogen-bond donors (Lipinski definition) is 1. The van der Waals surface area contributed by atoms with Gasteiger partial charge in [-0.3, -0.25) is 14.4 Å². The Kier molecular flexibility index (Phi) is 11.8. The zero-order chi connectivity index (χ0) is 24.9. The minimum Gasteiger partial charge on any atom is -0.656 e. The summed E-state index contributed by atoms with van der Waals surface area (Å²) in [6.45, 7) is 0.461. The van der Waals surface area contributed by atoms with Gasteiger partial charge in [-0.1, -0.05) is 31.0 Å². The molecule has 35 heavy (non-hydrogen) atoms. The molecule has 1 aromatic carbocycles. The van der Waals surface area contributed by atoms with Crippen molar-refractivity contribution < 1.29 is 83.3 Å². The second-order valence-electron chi connectivity index (χ2n) is 9.13. The van der Waals surface area contributed by atoms with Gasteiger partial charge in [0.1, 0.15) is 18.3 Å². The second kappa shape index (κ2) is 13.6. The first-order valence-electron chi connectivity index (χ1n) is 11.6. The number of Topliss-reactive ketones (excluding diaryl/α,β-unsaturated/α-hetero) is 1. The van der Waals surface area contributed by atoms with Gasteiger partial charge >= 0.3 is 57.3 Å². The smallest absolute Gasteiger partial charge is 0.656 e. The summed E-state index contributed by atoms with van der Waals surface area (Å²) in [6.07, 6.45) is 4.20. The number of rotatable bonds is 7. The fraction of sp³-hybridized carbons (Fsp3) is 0.625. The molecule has 2 aliphatic heterocycles. The molecule has 0 spiro atoms. The molecule has 2 saturated heterocycles. The van der Waals surface area contributed by atoms with E-state index in [4.69, 9.17) is 0 Å². The summed E-state index contributed by atoms with van der Waals surface area (Å²) in [5.41, 5.74) is -0.570. The van der Waals surface area contributed by atoms with Gasteiger partial charge in [-0.2, -0.15) is 15.8 Å². The molecule has 0 radical (unpaired) electrons. The molecule has 3 fully saturated rings. The average Bonchev–Trinajstić information content (AvgIpc) is 3.53. The zero-order valence-electron chi connectivity index (χ0n) is 20.1. The summed E-state index contributed by atoms with van der Waals surface area (Å²) in [6, 6.07) is 3.45. The van der Waals surface area contributed by atoms with Crippen molar-refractivity contribution >= 4 is 17.6 Å².